The molecule has 1 aliphatic rings. The highest BCUT2D eigenvalue weighted by molar-refractivity contribution is 6.31. The van der Waals surface area contributed by atoms with Crippen LogP contribution in [0.1, 0.15) is 31.2 Å². The van der Waals surface area contributed by atoms with Crippen molar-refractivity contribution in [1.82, 2.24) is 10.3 Å². The maximum Gasteiger partial charge on any atom is 0.417 e. The SMILES string of the molecule is FC(F)(F)c1cnc(OCC[C@H]2CCCCN2)c(Cl)c1. The van der Waals surface area contributed by atoms with Gasteiger partial charge in [0.25, 0.3) is 0 Å². The number of pyridine rings is 1. The van der Waals surface area contributed by atoms with E-state index in [1.807, 2.05) is 0 Å². The number of piperidine rings is 1. The van der Waals surface area contributed by atoms with Gasteiger partial charge in [-0.25, -0.2) is 4.98 Å². The van der Waals surface area contributed by atoms with Crippen molar-refractivity contribution in [1.29, 1.82) is 0 Å². The van der Waals surface area contributed by atoms with Crippen molar-refractivity contribution in [2.24, 2.45) is 0 Å². The first-order chi connectivity index (χ1) is 9.47. The molecule has 1 aromatic heterocycles. The Balaban J connectivity index is 1.86. The molecule has 1 saturated heterocycles. The Labute approximate surface area is 120 Å². The van der Waals surface area contributed by atoms with Crippen LogP contribution >= 0.6 is 11.6 Å². The molecule has 0 aliphatic carbocycles. The number of nitrogens with zero attached hydrogens (tertiary/aromatic N) is 1. The molecule has 7 heteroatoms. The van der Waals surface area contributed by atoms with Crippen LogP contribution in [0.3, 0.4) is 0 Å². The van der Waals surface area contributed by atoms with E-state index in [2.05, 4.69) is 10.3 Å². The molecule has 0 aromatic carbocycles. The zero-order chi connectivity index (χ0) is 14.6. The number of halogens is 4. The summed E-state index contributed by atoms with van der Waals surface area (Å²) in [6, 6.07) is 1.24. The van der Waals surface area contributed by atoms with Crippen molar-refractivity contribution >= 4 is 11.6 Å². The summed E-state index contributed by atoms with van der Waals surface area (Å²) in [7, 11) is 0. The average molecular weight is 309 g/mol. The van der Waals surface area contributed by atoms with Crippen molar-refractivity contribution in [3.63, 3.8) is 0 Å². The minimum absolute atomic E-state index is 0.0514. The fourth-order valence-electron chi connectivity index (χ4n) is 2.15. The van der Waals surface area contributed by atoms with Gasteiger partial charge in [0, 0.05) is 12.2 Å². The molecule has 1 fully saturated rings. The summed E-state index contributed by atoms with van der Waals surface area (Å²) in [6.45, 7) is 1.39. The quantitative estimate of drug-likeness (QED) is 0.921. The third-order valence-corrected chi connectivity index (χ3v) is 3.52. The number of nitrogens with one attached hydrogen (secondary N) is 1. The van der Waals surface area contributed by atoms with Gasteiger partial charge in [-0.3, -0.25) is 0 Å². The lowest BCUT2D eigenvalue weighted by Gasteiger charge is -2.23. The summed E-state index contributed by atoms with van der Waals surface area (Å²) < 4.78 is 42.7. The van der Waals surface area contributed by atoms with Crippen LogP contribution in [0.2, 0.25) is 5.02 Å². The Hall–Kier alpha value is -1.01. The number of rotatable bonds is 4. The highest BCUT2D eigenvalue weighted by Crippen LogP contribution is 2.33. The standard InChI is InChI=1S/C13H16ClF3N2O/c14-11-7-9(13(15,16)17)8-19-12(11)20-6-4-10-3-1-2-5-18-10/h7-8,10,18H,1-6H2/t10-/m1/s1. The highest BCUT2D eigenvalue weighted by Gasteiger charge is 2.31. The van der Waals surface area contributed by atoms with Crippen LogP contribution in [-0.4, -0.2) is 24.2 Å². The van der Waals surface area contributed by atoms with Crippen molar-refractivity contribution in [3.05, 3.63) is 22.8 Å². The van der Waals surface area contributed by atoms with Crippen LogP contribution in [0.4, 0.5) is 13.2 Å². The fraction of sp³-hybridized carbons (Fsp3) is 0.615. The number of ether oxygens (including phenoxy) is 1. The third kappa shape index (κ3) is 4.24. The molecular weight excluding hydrogens is 293 g/mol. The molecule has 1 aliphatic heterocycles. The molecule has 1 aromatic rings. The molecule has 2 rings (SSSR count). The lowest BCUT2D eigenvalue weighted by molar-refractivity contribution is -0.137. The van der Waals surface area contributed by atoms with E-state index >= 15 is 0 Å². The van der Waals surface area contributed by atoms with E-state index in [4.69, 9.17) is 16.3 Å². The van der Waals surface area contributed by atoms with E-state index in [-0.39, 0.29) is 10.9 Å². The second-order valence-electron chi connectivity index (χ2n) is 4.79. The number of hydrogen-bond donors (Lipinski definition) is 1. The van der Waals surface area contributed by atoms with Crippen LogP contribution in [0.5, 0.6) is 5.88 Å². The van der Waals surface area contributed by atoms with Gasteiger partial charge >= 0.3 is 6.18 Å². The zero-order valence-corrected chi connectivity index (χ0v) is 11.6. The summed E-state index contributed by atoms with van der Waals surface area (Å²) in [5.41, 5.74) is -0.871. The van der Waals surface area contributed by atoms with Crippen LogP contribution in [0, 0.1) is 0 Å². The van der Waals surface area contributed by atoms with Crippen molar-refractivity contribution in [3.8, 4) is 5.88 Å². The Bertz CT molecular complexity index is 448. The summed E-state index contributed by atoms with van der Waals surface area (Å²) in [4.78, 5) is 3.63. The molecule has 112 valence electrons. The Morgan fingerprint density at radius 1 is 1.40 bits per heavy atom. The maximum absolute atomic E-state index is 12.4. The molecule has 0 saturated carbocycles. The molecular formula is C13H16ClF3N2O. The predicted molar refractivity (Wildman–Crippen MR) is 70.0 cm³/mol. The van der Waals surface area contributed by atoms with E-state index in [1.54, 1.807) is 0 Å². The summed E-state index contributed by atoms with van der Waals surface area (Å²) >= 11 is 5.75. The molecule has 0 bridgehead atoms. The van der Waals surface area contributed by atoms with Gasteiger partial charge in [-0.1, -0.05) is 18.0 Å². The van der Waals surface area contributed by atoms with E-state index in [0.29, 0.717) is 12.6 Å². The van der Waals surface area contributed by atoms with Gasteiger partial charge in [0.2, 0.25) is 5.88 Å². The number of aromatic nitrogens is 1. The lowest BCUT2D eigenvalue weighted by atomic mass is 10.0. The van der Waals surface area contributed by atoms with Crippen molar-refractivity contribution < 1.29 is 17.9 Å². The molecule has 1 N–H and O–H groups in total. The smallest absolute Gasteiger partial charge is 0.417 e. The van der Waals surface area contributed by atoms with E-state index in [0.717, 1.165) is 31.6 Å². The monoisotopic (exact) mass is 308 g/mol. The van der Waals surface area contributed by atoms with E-state index < -0.39 is 11.7 Å². The first-order valence-corrected chi connectivity index (χ1v) is 6.93. The third-order valence-electron chi connectivity index (χ3n) is 3.25. The topological polar surface area (TPSA) is 34.1 Å². The average Bonchev–Trinajstić information content (AvgIpc) is 2.40. The van der Waals surface area contributed by atoms with Crippen LogP contribution in [-0.2, 0) is 6.18 Å². The van der Waals surface area contributed by atoms with Gasteiger partial charge in [0.15, 0.2) is 0 Å². The molecule has 0 amide bonds. The highest BCUT2D eigenvalue weighted by atomic mass is 35.5. The first kappa shape index (κ1) is 15.4. The van der Waals surface area contributed by atoms with Gasteiger partial charge < -0.3 is 10.1 Å². The minimum Gasteiger partial charge on any atom is -0.477 e. The molecule has 0 spiro atoms. The molecule has 3 nitrogen and oxygen atoms in total. The van der Waals surface area contributed by atoms with Crippen LogP contribution in [0.25, 0.3) is 0 Å². The van der Waals surface area contributed by atoms with Crippen molar-refractivity contribution in [2.45, 2.75) is 37.9 Å². The summed E-state index contributed by atoms with van der Waals surface area (Å²) in [6.07, 6.45) is 0.554. The van der Waals surface area contributed by atoms with Gasteiger partial charge in [-0.15, -0.1) is 0 Å². The predicted octanol–water partition coefficient (Wildman–Crippen LogP) is 3.66. The maximum atomic E-state index is 12.4. The largest absolute Gasteiger partial charge is 0.477 e. The molecule has 2 heterocycles. The van der Waals surface area contributed by atoms with E-state index in [9.17, 15) is 13.2 Å². The zero-order valence-electron chi connectivity index (χ0n) is 10.8. The molecule has 20 heavy (non-hydrogen) atoms. The van der Waals surface area contributed by atoms with Gasteiger partial charge in [-0.05, 0) is 31.9 Å². The second kappa shape index (κ2) is 6.63. The van der Waals surface area contributed by atoms with Crippen LogP contribution in [0.15, 0.2) is 12.3 Å². The second-order valence-corrected chi connectivity index (χ2v) is 5.20. The summed E-state index contributed by atoms with van der Waals surface area (Å²) in [5.74, 6) is 0.0514. The fourth-order valence-corrected chi connectivity index (χ4v) is 2.38. The Kier molecular flexibility index (Phi) is 5.10. The van der Waals surface area contributed by atoms with Gasteiger partial charge in [0.1, 0.15) is 5.02 Å². The summed E-state index contributed by atoms with van der Waals surface area (Å²) in [5, 5.41) is 3.25. The molecule has 0 unspecified atom stereocenters. The van der Waals surface area contributed by atoms with Gasteiger partial charge in [-0.2, -0.15) is 13.2 Å². The minimum atomic E-state index is -4.44. The van der Waals surface area contributed by atoms with E-state index in [1.165, 1.54) is 12.8 Å². The lowest BCUT2D eigenvalue weighted by Crippen LogP contribution is -2.35. The Morgan fingerprint density at radius 3 is 2.80 bits per heavy atom. The van der Waals surface area contributed by atoms with Crippen LogP contribution < -0.4 is 10.1 Å². The van der Waals surface area contributed by atoms with Gasteiger partial charge in [0.05, 0.1) is 12.2 Å². The number of hydrogen-bond acceptors (Lipinski definition) is 3. The van der Waals surface area contributed by atoms with Crippen molar-refractivity contribution in [2.75, 3.05) is 13.2 Å². The Morgan fingerprint density at radius 2 is 2.20 bits per heavy atom. The first-order valence-electron chi connectivity index (χ1n) is 6.56. The molecule has 0 radical (unpaired) electrons. The number of alkyl halides is 3. The molecule has 1 atom stereocenters. The normalized spacial score (nSPS) is 19.9.